The van der Waals surface area contributed by atoms with E-state index < -0.39 is 22.9 Å². The molecule has 1 amide bonds. The highest BCUT2D eigenvalue weighted by Crippen LogP contribution is 2.29. The molecule has 3 aromatic rings. The number of H-pyrrole nitrogens is 1. The Morgan fingerprint density at radius 1 is 1.21 bits per heavy atom. The van der Waals surface area contributed by atoms with Crippen LogP contribution < -0.4 is 10.1 Å². The SMILES string of the molecule is COc1ccc([N+](=O)[O-])cc1NC(=O)C(C)OC(=O)c1c[nH]c2ccccc12. The number of carbonyl (C=O) groups excluding carboxylic acids is 2. The van der Waals surface area contributed by atoms with E-state index in [1.807, 2.05) is 12.1 Å². The molecule has 0 saturated carbocycles. The lowest BCUT2D eigenvalue weighted by Gasteiger charge is -2.15. The highest BCUT2D eigenvalue weighted by molar-refractivity contribution is 6.05. The van der Waals surface area contributed by atoms with Crippen molar-refractivity contribution in [3.05, 3.63) is 64.3 Å². The molecule has 0 aliphatic heterocycles. The fraction of sp³-hybridized carbons (Fsp3) is 0.158. The summed E-state index contributed by atoms with van der Waals surface area (Å²) in [6.07, 6.45) is 0.381. The lowest BCUT2D eigenvalue weighted by molar-refractivity contribution is -0.384. The standard InChI is InChI=1S/C19H17N3O6/c1-11(28-19(24)14-10-20-15-6-4-3-5-13(14)15)18(23)21-16-9-12(22(25)26)7-8-17(16)27-2/h3-11,20H,1-2H3,(H,21,23). The van der Waals surface area contributed by atoms with Crippen molar-refractivity contribution in [2.45, 2.75) is 13.0 Å². The molecule has 1 atom stereocenters. The molecule has 0 radical (unpaired) electrons. The van der Waals surface area contributed by atoms with Gasteiger partial charge in [-0.25, -0.2) is 4.79 Å². The first-order valence-electron chi connectivity index (χ1n) is 8.31. The first kappa shape index (κ1) is 18.9. The van der Waals surface area contributed by atoms with E-state index in [-0.39, 0.29) is 17.1 Å². The molecule has 0 fully saturated rings. The van der Waals surface area contributed by atoms with E-state index in [0.29, 0.717) is 10.9 Å². The van der Waals surface area contributed by atoms with Crippen molar-refractivity contribution in [1.29, 1.82) is 0 Å². The van der Waals surface area contributed by atoms with Crippen molar-refractivity contribution in [2.24, 2.45) is 0 Å². The number of para-hydroxylation sites is 1. The number of benzene rings is 2. The van der Waals surface area contributed by atoms with E-state index in [0.717, 1.165) is 5.52 Å². The molecule has 0 bridgehead atoms. The first-order valence-corrected chi connectivity index (χ1v) is 8.31. The van der Waals surface area contributed by atoms with Gasteiger partial charge in [-0.2, -0.15) is 0 Å². The molecule has 28 heavy (non-hydrogen) atoms. The van der Waals surface area contributed by atoms with Crippen molar-refractivity contribution in [1.82, 2.24) is 4.98 Å². The molecule has 1 aromatic heterocycles. The van der Waals surface area contributed by atoms with Crippen LogP contribution in [-0.4, -0.2) is 35.0 Å². The second-order valence-electron chi connectivity index (χ2n) is 5.93. The van der Waals surface area contributed by atoms with Gasteiger partial charge in [-0.3, -0.25) is 14.9 Å². The van der Waals surface area contributed by atoms with Gasteiger partial charge in [0.05, 0.1) is 23.3 Å². The van der Waals surface area contributed by atoms with Gasteiger partial charge >= 0.3 is 5.97 Å². The van der Waals surface area contributed by atoms with Crippen molar-refractivity contribution >= 4 is 34.2 Å². The number of non-ortho nitro benzene ring substituents is 1. The highest BCUT2D eigenvalue weighted by Gasteiger charge is 2.23. The number of nitro groups is 1. The molecule has 0 spiro atoms. The summed E-state index contributed by atoms with van der Waals surface area (Å²) >= 11 is 0. The molecule has 144 valence electrons. The molecule has 0 aliphatic carbocycles. The number of rotatable bonds is 6. The number of fused-ring (bicyclic) bond motifs is 1. The number of esters is 1. The summed E-state index contributed by atoms with van der Waals surface area (Å²) < 4.78 is 10.3. The average molecular weight is 383 g/mol. The van der Waals surface area contributed by atoms with Gasteiger partial charge in [-0.05, 0) is 19.1 Å². The quantitative estimate of drug-likeness (QED) is 0.382. The van der Waals surface area contributed by atoms with Gasteiger partial charge in [-0.15, -0.1) is 0 Å². The maximum absolute atomic E-state index is 12.4. The largest absolute Gasteiger partial charge is 0.495 e. The first-order chi connectivity index (χ1) is 13.4. The number of carbonyl (C=O) groups is 2. The van der Waals surface area contributed by atoms with Gasteiger partial charge in [0.25, 0.3) is 11.6 Å². The molecule has 2 aromatic carbocycles. The molecule has 9 nitrogen and oxygen atoms in total. The Balaban J connectivity index is 1.74. The van der Waals surface area contributed by atoms with Gasteiger partial charge in [0, 0.05) is 29.2 Å². The van der Waals surface area contributed by atoms with E-state index >= 15 is 0 Å². The number of nitrogens with zero attached hydrogens (tertiary/aromatic N) is 1. The van der Waals surface area contributed by atoms with Crippen LogP contribution in [-0.2, 0) is 9.53 Å². The van der Waals surface area contributed by atoms with Crippen LogP contribution in [0.15, 0.2) is 48.7 Å². The van der Waals surface area contributed by atoms with Gasteiger partial charge in [-0.1, -0.05) is 18.2 Å². The number of aromatic amines is 1. The average Bonchev–Trinajstić information content (AvgIpc) is 3.12. The zero-order valence-electron chi connectivity index (χ0n) is 15.1. The van der Waals surface area contributed by atoms with E-state index in [1.54, 1.807) is 12.1 Å². The van der Waals surface area contributed by atoms with Crippen molar-refractivity contribution in [3.8, 4) is 5.75 Å². The third-order valence-electron chi connectivity index (χ3n) is 4.11. The number of nitro benzene ring substituents is 1. The Morgan fingerprint density at radius 2 is 1.96 bits per heavy atom. The van der Waals surface area contributed by atoms with Crippen LogP contribution in [0.4, 0.5) is 11.4 Å². The number of aromatic nitrogens is 1. The summed E-state index contributed by atoms with van der Waals surface area (Å²) in [5.41, 5.74) is 0.979. The predicted molar refractivity (Wildman–Crippen MR) is 101 cm³/mol. The van der Waals surface area contributed by atoms with Crippen LogP contribution in [0.25, 0.3) is 10.9 Å². The predicted octanol–water partition coefficient (Wildman–Crippen LogP) is 3.27. The zero-order chi connectivity index (χ0) is 20.3. The van der Waals surface area contributed by atoms with E-state index in [9.17, 15) is 19.7 Å². The van der Waals surface area contributed by atoms with Crippen LogP contribution in [0.5, 0.6) is 5.75 Å². The van der Waals surface area contributed by atoms with Crippen LogP contribution in [0.1, 0.15) is 17.3 Å². The summed E-state index contributed by atoms with van der Waals surface area (Å²) in [7, 11) is 1.37. The van der Waals surface area contributed by atoms with Crippen LogP contribution in [0.3, 0.4) is 0 Å². The highest BCUT2D eigenvalue weighted by atomic mass is 16.6. The monoisotopic (exact) mass is 383 g/mol. The number of methoxy groups -OCH3 is 1. The number of ether oxygens (including phenoxy) is 2. The maximum Gasteiger partial charge on any atom is 0.341 e. The molecular weight excluding hydrogens is 366 g/mol. The number of amides is 1. The maximum atomic E-state index is 12.4. The van der Waals surface area contributed by atoms with Crippen LogP contribution >= 0.6 is 0 Å². The Bertz CT molecular complexity index is 1060. The Hall–Kier alpha value is -3.88. The smallest absolute Gasteiger partial charge is 0.341 e. The Labute approximate surface area is 159 Å². The zero-order valence-corrected chi connectivity index (χ0v) is 15.1. The minimum atomic E-state index is -1.13. The minimum absolute atomic E-state index is 0.108. The molecule has 0 saturated heterocycles. The van der Waals surface area contributed by atoms with Gasteiger partial charge in [0.2, 0.25) is 0 Å². The summed E-state index contributed by atoms with van der Waals surface area (Å²) in [5.74, 6) is -1.06. The lowest BCUT2D eigenvalue weighted by Crippen LogP contribution is -2.30. The van der Waals surface area contributed by atoms with E-state index in [1.165, 1.54) is 38.4 Å². The lowest BCUT2D eigenvalue weighted by atomic mass is 10.2. The Kier molecular flexibility index (Phi) is 5.25. The van der Waals surface area contributed by atoms with Crippen molar-refractivity contribution in [2.75, 3.05) is 12.4 Å². The third-order valence-corrected chi connectivity index (χ3v) is 4.11. The summed E-state index contributed by atoms with van der Waals surface area (Å²) in [5, 5.41) is 14.1. The van der Waals surface area contributed by atoms with Gasteiger partial charge < -0.3 is 19.8 Å². The van der Waals surface area contributed by atoms with Crippen molar-refractivity contribution in [3.63, 3.8) is 0 Å². The van der Waals surface area contributed by atoms with Gasteiger partial charge in [0.15, 0.2) is 6.10 Å². The second kappa shape index (κ2) is 7.78. The fourth-order valence-electron chi connectivity index (χ4n) is 2.66. The third kappa shape index (κ3) is 3.78. The van der Waals surface area contributed by atoms with E-state index in [4.69, 9.17) is 9.47 Å². The molecular formula is C19H17N3O6. The molecule has 0 aliphatic rings. The number of hydrogen-bond donors (Lipinski definition) is 2. The number of nitrogens with one attached hydrogen (secondary N) is 2. The molecule has 1 unspecified atom stereocenters. The summed E-state index contributed by atoms with van der Waals surface area (Å²) in [4.78, 5) is 38.1. The van der Waals surface area contributed by atoms with Gasteiger partial charge in [0.1, 0.15) is 5.75 Å². The van der Waals surface area contributed by atoms with E-state index in [2.05, 4.69) is 10.3 Å². The summed E-state index contributed by atoms with van der Waals surface area (Å²) in [6.45, 7) is 1.41. The summed E-state index contributed by atoms with van der Waals surface area (Å²) in [6, 6.07) is 11.0. The van der Waals surface area contributed by atoms with Crippen LogP contribution in [0.2, 0.25) is 0 Å². The normalized spacial score (nSPS) is 11.6. The number of anilines is 1. The molecule has 2 N–H and O–H groups in total. The van der Waals surface area contributed by atoms with Crippen LogP contribution in [0, 0.1) is 10.1 Å². The molecule has 9 heteroatoms. The Morgan fingerprint density at radius 3 is 2.68 bits per heavy atom. The topological polar surface area (TPSA) is 124 Å². The number of hydrogen-bond acceptors (Lipinski definition) is 6. The molecule has 1 heterocycles. The second-order valence-corrected chi connectivity index (χ2v) is 5.93. The van der Waals surface area contributed by atoms with Crippen molar-refractivity contribution < 1.29 is 24.0 Å². The fourth-order valence-corrected chi connectivity index (χ4v) is 2.66. The molecule has 3 rings (SSSR count). The minimum Gasteiger partial charge on any atom is -0.495 e.